The lowest BCUT2D eigenvalue weighted by Crippen LogP contribution is -1.97. The largest absolute Gasteiger partial charge is 0.493 e. The lowest BCUT2D eigenvalue weighted by Gasteiger charge is -2.15. The van der Waals surface area contributed by atoms with Crippen LogP contribution in [-0.2, 0) is 6.42 Å². The minimum atomic E-state index is 0.106. The Morgan fingerprint density at radius 3 is 2.63 bits per heavy atom. The molecule has 1 nitrogen and oxygen atoms in total. The van der Waals surface area contributed by atoms with Gasteiger partial charge in [-0.2, -0.15) is 0 Å². The van der Waals surface area contributed by atoms with Crippen LogP contribution in [0.5, 0.6) is 5.75 Å². The van der Waals surface area contributed by atoms with Crippen LogP contribution in [0.3, 0.4) is 0 Å². The summed E-state index contributed by atoms with van der Waals surface area (Å²) in [6, 6.07) is 12.1. The van der Waals surface area contributed by atoms with Crippen LogP contribution >= 0.6 is 43.5 Å². The third-order valence-corrected chi connectivity index (χ3v) is 4.94. The molecule has 0 bridgehead atoms. The van der Waals surface area contributed by atoms with Gasteiger partial charge in [-0.1, -0.05) is 55.6 Å². The van der Waals surface area contributed by atoms with Gasteiger partial charge in [0.15, 0.2) is 0 Å². The number of ether oxygens (including phenoxy) is 1. The highest BCUT2D eigenvalue weighted by Gasteiger charge is 2.22. The average molecular weight is 403 g/mol. The van der Waals surface area contributed by atoms with Gasteiger partial charge in [-0.15, -0.1) is 0 Å². The summed E-state index contributed by atoms with van der Waals surface area (Å²) >= 11 is 13.3. The quantitative estimate of drug-likeness (QED) is 0.601. The maximum atomic E-state index is 5.93. The molecule has 0 radical (unpaired) electrons. The molecular weight excluding hydrogens is 391 g/mol. The first-order valence-corrected chi connectivity index (χ1v) is 8.08. The van der Waals surface area contributed by atoms with E-state index in [-0.39, 0.29) is 4.83 Å². The van der Waals surface area contributed by atoms with Crippen molar-refractivity contribution in [3.8, 4) is 5.75 Å². The zero-order valence-electron chi connectivity index (χ0n) is 10.00. The van der Waals surface area contributed by atoms with Crippen molar-refractivity contribution in [2.24, 2.45) is 0 Å². The number of halogens is 3. The van der Waals surface area contributed by atoms with Crippen LogP contribution in [0.1, 0.15) is 21.5 Å². The molecule has 0 saturated heterocycles. The van der Waals surface area contributed by atoms with Crippen molar-refractivity contribution in [2.45, 2.75) is 11.2 Å². The third-order valence-electron chi connectivity index (χ3n) is 3.21. The van der Waals surface area contributed by atoms with E-state index < -0.39 is 0 Å². The van der Waals surface area contributed by atoms with Gasteiger partial charge in [-0.25, -0.2) is 0 Å². The van der Waals surface area contributed by atoms with Gasteiger partial charge in [0.1, 0.15) is 5.75 Å². The molecule has 2 aromatic carbocycles. The first-order chi connectivity index (χ1) is 9.15. The van der Waals surface area contributed by atoms with Crippen LogP contribution in [0, 0.1) is 0 Å². The number of fused-ring (bicyclic) bond motifs is 1. The molecule has 1 atom stereocenters. The zero-order valence-corrected chi connectivity index (χ0v) is 13.9. The second-order valence-electron chi connectivity index (χ2n) is 4.50. The lowest BCUT2D eigenvalue weighted by atomic mass is 10.0. The fourth-order valence-corrected chi connectivity index (χ4v) is 3.59. The molecule has 2 aromatic rings. The number of hydrogen-bond donors (Lipinski definition) is 0. The summed E-state index contributed by atoms with van der Waals surface area (Å²) in [4.78, 5) is 0.106. The van der Waals surface area contributed by atoms with Crippen molar-refractivity contribution in [1.29, 1.82) is 0 Å². The summed E-state index contributed by atoms with van der Waals surface area (Å²) in [6.07, 6.45) is 0.974. The summed E-state index contributed by atoms with van der Waals surface area (Å²) < 4.78 is 6.86. The number of hydrogen-bond acceptors (Lipinski definition) is 1. The Hall–Kier alpha value is -0.510. The van der Waals surface area contributed by atoms with E-state index in [0.717, 1.165) is 33.8 Å². The number of rotatable bonds is 2. The first-order valence-electron chi connectivity index (χ1n) is 6.00. The Morgan fingerprint density at radius 2 is 1.89 bits per heavy atom. The molecule has 0 amide bonds. The highest BCUT2D eigenvalue weighted by molar-refractivity contribution is 9.10. The number of alkyl halides is 1. The monoisotopic (exact) mass is 400 g/mol. The molecule has 0 spiro atoms. The summed E-state index contributed by atoms with van der Waals surface area (Å²) in [5.74, 6) is 1.01. The molecular formula is C15H11Br2ClO. The third kappa shape index (κ3) is 2.69. The summed E-state index contributed by atoms with van der Waals surface area (Å²) in [7, 11) is 0. The van der Waals surface area contributed by atoms with E-state index in [1.54, 1.807) is 0 Å². The Morgan fingerprint density at radius 1 is 1.16 bits per heavy atom. The Kier molecular flexibility index (Phi) is 3.88. The summed E-state index contributed by atoms with van der Waals surface area (Å²) in [5.41, 5.74) is 3.59. The van der Waals surface area contributed by atoms with E-state index >= 15 is 0 Å². The molecule has 0 aromatic heterocycles. The van der Waals surface area contributed by atoms with Crippen LogP contribution in [0.4, 0.5) is 0 Å². The zero-order chi connectivity index (χ0) is 13.4. The fraction of sp³-hybridized carbons (Fsp3) is 0.200. The van der Waals surface area contributed by atoms with Crippen LogP contribution in [-0.4, -0.2) is 6.61 Å². The summed E-state index contributed by atoms with van der Waals surface area (Å²) in [5, 5.41) is 0.749. The van der Waals surface area contributed by atoms with E-state index in [9.17, 15) is 0 Å². The second-order valence-corrected chi connectivity index (χ2v) is 6.76. The maximum Gasteiger partial charge on any atom is 0.127 e. The lowest BCUT2D eigenvalue weighted by molar-refractivity contribution is 0.354. The van der Waals surface area contributed by atoms with E-state index in [1.165, 1.54) is 11.1 Å². The minimum Gasteiger partial charge on any atom is -0.493 e. The van der Waals surface area contributed by atoms with E-state index in [4.69, 9.17) is 16.3 Å². The number of benzene rings is 2. The van der Waals surface area contributed by atoms with Gasteiger partial charge in [-0.3, -0.25) is 0 Å². The molecule has 0 fully saturated rings. The minimum absolute atomic E-state index is 0.106. The van der Waals surface area contributed by atoms with E-state index in [2.05, 4.69) is 44.0 Å². The molecule has 0 aliphatic carbocycles. The summed E-state index contributed by atoms with van der Waals surface area (Å²) in [6.45, 7) is 0.763. The van der Waals surface area contributed by atoms with Crippen LogP contribution in [0.15, 0.2) is 40.9 Å². The Labute approximate surface area is 134 Å². The van der Waals surface area contributed by atoms with Crippen molar-refractivity contribution in [3.63, 3.8) is 0 Å². The van der Waals surface area contributed by atoms with Gasteiger partial charge < -0.3 is 4.74 Å². The van der Waals surface area contributed by atoms with Crippen LogP contribution in [0.2, 0.25) is 5.02 Å². The van der Waals surface area contributed by atoms with Gasteiger partial charge >= 0.3 is 0 Å². The fourth-order valence-electron chi connectivity index (χ4n) is 2.30. The van der Waals surface area contributed by atoms with Crippen LogP contribution < -0.4 is 4.74 Å². The predicted molar refractivity (Wildman–Crippen MR) is 85.6 cm³/mol. The normalized spacial score (nSPS) is 14.9. The van der Waals surface area contributed by atoms with Crippen molar-refractivity contribution < 1.29 is 4.74 Å². The maximum absolute atomic E-state index is 5.93. The van der Waals surface area contributed by atoms with Gasteiger partial charge in [0.25, 0.3) is 0 Å². The highest BCUT2D eigenvalue weighted by Crippen LogP contribution is 2.42. The molecule has 4 heteroatoms. The molecule has 1 heterocycles. The standard InChI is InChI=1S/C15H11Br2ClO/c16-11-7-10-5-6-19-15(10)13(8-11)14(17)9-1-3-12(18)4-2-9/h1-4,7-8,14H,5-6H2. The topological polar surface area (TPSA) is 9.23 Å². The molecule has 19 heavy (non-hydrogen) atoms. The van der Waals surface area contributed by atoms with Gasteiger partial charge in [0.05, 0.1) is 11.4 Å². The molecule has 1 aliphatic heterocycles. The Balaban J connectivity index is 2.04. The van der Waals surface area contributed by atoms with Gasteiger partial charge in [-0.05, 0) is 35.4 Å². The molecule has 98 valence electrons. The van der Waals surface area contributed by atoms with Crippen molar-refractivity contribution in [1.82, 2.24) is 0 Å². The van der Waals surface area contributed by atoms with Gasteiger partial charge in [0.2, 0.25) is 0 Å². The SMILES string of the molecule is Clc1ccc(C(Br)c2cc(Br)cc3c2OCC3)cc1. The van der Waals surface area contributed by atoms with Gasteiger partial charge in [0, 0.05) is 21.5 Å². The van der Waals surface area contributed by atoms with Crippen molar-refractivity contribution >= 4 is 43.5 Å². The first kappa shape index (κ1) is 13.5. The smallest absolute Gasteiger partial charge is 0.127 e. The van der Waals surface area contributed by atoms with E-state index in [0.29, 0.717) is 0 Å². The Bertz CT molecular complexity index is 610. The highest BCUT2D eigenvalue weighted by atomic mass is 79.9. The van der Waals surface area contributed by atoms with Crippen molar-refractivity contribution in [3.05, 3.63) is 62.6 Å². The molecule has 3 rings (SSSR count). The molecule has 0 N–H and O–H groups in total. The second kappa shape index (κ2) is 5.47. The molecule has 0 saturated carbocycles. The molecule has 1 aliphatic rings. The molecule has 1 unspecified atom stereocenters. The van der Waals surface area contributed by atoms with Crippen molar-refractivity contribution in [2.75, 3.05) is 6.61 Å². The predicted octanol–water partition coefficient (Wildman–Crippen LogP) is 5.52. The average Bonchev–Trinajstić information content (AvgIpc) is 2.85. The van der Waals surface area contributed by atoms with E-state index in [1.807, 2.05) is 24.3 Å². The van der Waals surface area contributed by atoms with Crippen LogP contribution in [0.25, 0.3) is 0 Å².